The molecule has 3 heterocycles. The molecule has 1 saturated heterocycles. The van der Waals surface area contributed by atoms with Crippen molar-refractivity contribution in [2.24, 2.45) is 5.92 Å². The molecule has 1 atom stereocenters. The van der Waals surface area contributed by atoms with Gasteiger partial charge in [-0.15, -0.1) is 0 Å². The molecule has 1 aliphatic heterocycles. The first-order valence-electron chi connectivity index (χ1n) is 12.2. The second-order valence-electron chi connectivity index (χ2n) is 9.28. The summed E-state index contributed by atoms with van der Waals surface area (Å²) in [5.41, 5.74) is 4.73. The van der Waals surface area contributed by atoms with Crippen LogP contribution < -0.4 is 19.7 Å². The van der Waals surface area contributed by atoms with Crippen LogP contribution in [0.25, 0.3) is 5.52 Å². The molecule has 180 valence electrons. The Morgan fingerprint density at radius 3 is 2.65 bits per heavy atom. The lowest BCUT2D eigenvalue weighted by atomic mass is 9.94. The first-order valence-corrected chi connectivity index (χ1v) is 12.2. The zero-order valence-electron chi connectivity index (χ0n) is 20.2. The summed E-state index contributed by atoms with van der Waals surface area (Å²) in [6.45, 7) is 3.63. The van der Waals surface area contributed by atoms with Crippen LogP contribution in [0.15, 0.2) is 30.6 Å². The number of methoxy groups -OCH3 is 2. The first-order chi connectivity index (χ1) is 16.6. The Morgan fingerprint density at radius 2 is 1.88 bits per heavy atom. The van der Waals surface area contributed by atoms with E-state index < -0.39 is 0 Å². The molecule has 1 N–H and O–H groups in total. The number of carbonyl (C=O) groups excluding carboxylic acids is 1. The van der Waals surface area contributed by atoms with E-state index in [-0.39, 0.29) is 17.9 Å². The van der Waals surface area contributed by atoms with Crippen molar-refractivity contribution in [1.29, 1.82) is 0 Å². The second-order valence-corrected chi connectivity index (χ2v) is 9.28. The van der Waals surface area contributed by atoms with Gasteiger partial charge < -0.3 is 19.7 Å². The molecule has 1 aliphatic carbocycles. The Labute approximate surface area is 200 Å². The minimum absolute atomic E-state index is 0.00241. The number of ether oxygens (including phenoxy) is 2. The monoisotopic (exact) mass is 463 g/mol. The number of aryl methyl sites for hydroxylation is 2. The van der Waals surface area contributed by atoms with Crippen LogP contribution in [0.5, 0.6) is 11.5 Å². The first kappa shape index (κ1) is 22.5. The zero-order chi connectivity index (χ0) is 23.7. The summed E-state index contributed by atoms with van der Waals surface area (Å²) in [6, 6.07) is 5.65. The van der Waals surface area contributed by atoms with E-state index in [1.807, 2.05) is 42.0 Å². The molecule has 2 aliphatic rings. The molecule has 34 heavy (non-hydrogen) atoms. The summed E-state index contributed by atoms with van der Waals surface area (Å²) in [6.07, 6.45) is 9.96. The molecule has 1 amide bonds. The van der Waals surface area contributed by atoms with Gasteiger partial charge in [-0.05, 0) is 63.1 Å². The van der Waals surface area contributed by atoms with Crippen molar-refractivity contribution >= 4 is 17.2 Å². The van der Waals surface area contributed by atoms with E-state index in [4.69, 9.17) is 19.6 Å². The van der Waals surface area contributed by atoms with Crippen LogP contribution in [0.2, 0.25) is 0 Å². The number of rotatable bonds is 6. The van der Waals surface area contributed by atoms with Crippen LogP contribution in [0.1, 0.15) is 55.5 Å². The smallest absolute Gasteiger partial charge is 0.223 e. The number of anilines is 1. The summed E-state index contributed by atoms with van der Waals surface area (Å²) >= 11 is 0. The van der Waals surface area contributed by atoms with E-state index in [1.54, 1.807) is 14.2 Å². The van der Waals surface area contributed by atoms with Gasteiger partial charge >= 0.3 is 0 Å². The predicted molar refractivity (Wildman–Crippen MR) is 131 cm³/mol. The topological polar surface area (TPSA) is 81.0 Å². The van der Waals surface area contributed by atoms with E-state index in [2.05, 4.69) is 10.2 Å². The quantitative estimate of drug-likeness (QED) is 0.600. The molecule has 3 aromatic rings. The van der Waals surface area contributed by atoms with Gasteiger partial charge in [-0.1, -0.05) is 6.07 Å². The fourth-order valence-electron chi connectivity index (χ4n) is 5.27. The maximum atomic E-state index is 13.0. The molecule has 0 radical (unpaired) electrons. The Hall–Kier alpha value is -3.29. The third-order valence-electron chi connectivity index (χ3n) is 7.23. The molecule has 5 rings (SSSR count). The standard InChI is InChI=1S/C26H33N5O3/c1-17(19-8-9-22(33-2)23(16-19)34-3)28-26(32)18-10-13-30(14-11-18)25-24-20-6-4-5-7-21(20)29-31(24)15-12-27-25/h8-9,12,15-18H,4-7,10-11,13-14H2,1-3H3,(H,28,32)/t17-/m1/s1. The van der Waals surface area contributed by atoms with Crippen LogP contribution in [0.4, 0.5) is 5.82 Å². The second kappa shape index (κ2) is 9.52. The molecule has 0 saturated carbocycles. The van der Waals surface area contributed by atoms with Gasteiger partial charge in [0.2, 0.25) is 5.91 Å². The van der Waals surface area contributed by atoms with E-state index in [9.17, 15) is 4.79 Å². The van der Waals surface area contributed by atoms with Gasteiger partial charge in [0.1, 0.15) is 5.52 Å². The maximum absolute atomic E-state index is 13.0. The third-order valence-corrected chi connectivity index (χ3v) is 7.23. The van der Waals surface area contributed by atoms with Crippen molar-refractivity contribution in [2.45, 2.75) is 51.5 Å². The Morgan fingerprint density at radius 1 is 1.12 bits per heavy atom. The number of nitrogens with one attached hydrogen (secondary N) is 1. The highest BCUT2D eigenvalue weighted by molar-refractivity contribution is 5.80. The van der Waals surface area contributed by atoms with E-state index in [0.29, 0.717) is 11.5 Å². The van der Waals surface area contributed by atoms with Gasteiger partial charge in [-0.25, -0.2) is 9.50 Å². The Kier molecular flexibility index (Phi) is 6.30. The molecule has 0 bridgehead atoms. The van der Waals surface area contributed by atoms with Crippen LogP contribution in [0, 0.1) is 5.92 Å². The summed E-state index contributed by atoms with van der Waals surface area (Å²) in [5.74, 6) is 2.46. The number of benzene rings is 1. The van der Waals surface area contributed by atoms with E-state index >= 15 is 0 Å². The highest BCUT2D eigenvalue weighted by Crippen LogP contribution is 2.33. The predicted octanol–water partition coefficient (Wildman–Crippen LogP) is 3.72. The third kappa shape index (κ3) is 4.17. The van der Waals surface area contributed by atoms with Crippen molar-refractivity contribution in [3.05, 3.63) is 47.4 Å². The molecule has 8 heteroatoms. The van der Waals surface area contributed by atoms with Crippen molar-refractivity contribution in [3.8, 4) is 11.5 Å². The molecular formula is C26H33N5O3. The van der Waals surface area contributed by atoms with Crippen molar-refractivity contribution in [1.82, 2.24) is 19.9 Å². The maximum Gasteiger partial charge on any atom is 0.223 e. The Bertz CT molecular complexity index is 1180. The minimum atomic E-state index is -0.112. The fraction of sp³-hybridized carbons (Fsp3) is 0.500. The summed E-state index contributed by atoms with van der Waals surface area (Å²) in [5, 5.41) is 8.00. The van der Waals surface area contributed by atoms with Gasteiger partial charge in [0.15, 0.2) is 17.3 Å². The fourth-order valence-corrected chi connectivity index (χ4v) is 5.27. The molecule has 1 fully saturated rings. The largest absolute Gasteiger partial charge is 0.493 e. The van der Waals surface area contributed by atoms with Gasteiger partial charge in [-0.3, -0.25) is 4.79 Å². The lowest BCUT2D eigenvalue weighted by Crippen LogP contribution is -2.41. The minimum Gasteiger partial charge on any atom is -0.493 e. The van der Waals surface area contributed by atoms with Crippen molar-refractivity contribution in [2.75, 3.05) is 32.2 Å². The van der Waals surface area contributed by atoms with Gasteiger partial charge in [-0.2, -0.15) is 5.10 Å². The highest BCUT2D eigenvalue weighted by Gasteiger charge is 2.29. The number of amides is 1. The van der Waals surface area contributed by atoms with Gasteiger partial charge in [0.25, 0.3) is 0 Å². The number of piperidine rings is 1. The molecule has 0 unspecified atom stereocenters. The molecular weight excluding hydrogens is 430 g/mol. The summed E-state index contributed by atoms with van der Waals surface area (Å²) in [7, 11) is 3.24. The van der Waals surface area contributed by atoms with Gasteiger partial charge in [0.05, 0.1) is 26.0 Å². The zero-order valence-corrected chi connectivity index (χ0v) is 20.2. The van der Waals surface area contributed by atoms with Crippen LogP contribution >= 0.6 is 0 Å². The molecule has 8 nitrogen and oxygen atoms in total. The number of fused-ring (bicyclic) bond motifs is 3. The van der Waals surface area contributed by atoms with Crippen molar-refractivity contribution < 1.29 is 14.3 Å². The average Bonchev–Trinajstić information content (AvgIpc) is 3.27. The molecule has 0 spiro atoms. The molecule has 2 aromatic heterocycles. The van der Waals surface area contributed by atoms with E-state index in [1.165, 1.54) is 24.1 Å². The molecule has 1 aromatic carbocycles. The number of hydrogen-bond donors (Lipinski definition) is 1. The lowest BCUT2D eigenvalue weighted by molar-refractivity contribution is -0.126. The summed E-state index contributed by atoms with van der Waals surface area (Å²) in [4.78, 5) is 20.1. The van der Waals surface area contributed by atoms with Crippen molar-refractivity contribution in [3.63, 3.8) is 0 Å². The summed E-state index contributed by atoms with van der Waals surface area (Å²) < 4.78 is 12.7. The lowest BCUT2D eigenvalue weighted by Gasteiger charge is -2.33. The number of aromatic nitrogens is 3. The number of carbonyl (C=O) groups is 1. The van der Waals surface area contributed by atoms with Crippen LogP contribution in [0.3, 0.4) is 0 Å². The van der Waals surface area contributed by atoms with Crippen LogP contribution in [-0.2, 0) is 17.6 Å². The highest BCUT2D eigenvalue weighted by atomic mass is 16.5. The SMILES string of the molecule is COc1ccc([C@@H](C)NC(=O)C2CCN(c3nccn4nc5c(c34)CCCC5)CC2)cc1OC. The van der Waals surface area contributed by atoms with Crippen LogP contribution in [-0.4, -0.2) is 47.8 Å². The average molecular weight is 464 g/mol. The van der Waals surface area contributed by atoms with Gasteiger partial charge in [0, 0.05) is 37.0 Å². The normalized spacial score (nSPS) is 17.3. The van der Waals surface area contributed by atoms with E-state index in [0.717, 1.165) is 55.7 Å². The Balaban J connectivity index is 1.24. The number of hydrogen-bond acceptors (Lipinski definition) is 6. The number of nitrogens with zero attached hydrogens (tertiary/aromatic N) is 4.